The zero-order valence-corrected chi connectivity index (χ0v) is 9.05. The molecule has 17 heavy (non-hydrogen) atoms. The number of aromatic carboxylic acids is 1. The Bertz CT molecular complexity index is 814. The van der Waals surface area contributed by atoms with Crippen LogP contribution in [-0.4, -0.2) is 20.5 Å². The Labute approximate surface area is 96.7 Å². The van der Waals surface area contributed by atoms with Crippen molar-refractivity contribution in [2.24, 2.45) is 0 Å². The van der Waals surface area contributed by atoms with Gasteiger partial charge in [0.05, 0.1) is 0 Å². The number of halogens is 1. The standard InChI is InChI=1S/C10H5FN2O3S/c11-5-6-9(17-7(5)10(15)16)13-3-1-2-4(13)8(14)12-6/h1-3H,(H,12,14)(H,15,16). The van der Waals surface area contributed by atoms with Crippen molar-refractivity contribution in [3.8, 4) is 0 Å². The smallest absolute Gasteiger partial charge is 0.349 e. The van der Waals surface area contributed by atoms with E-state index in [-0.39, 0.29) is 5.52 Å². The van der Waals surface area contributed by atoms with Gasteiger partial charge in [-0.15, -0.1) is 11.3 Å². The van der Waals surface area contributed by atoms with Gasteiger partial charge in [-0.05, 0) is 12.1 Å². The minimum Gasteiger partial charge on any atom is -0.477 e. The highest BCUT2D eigenvalue weighted by atomic mass is 32.1. The number of aromatic amines is 1. The molecule has 0 aromatic carbocycles. The summed E-state index contributed by atoms with van der Waals surface area (Å²) in [7, 11) is 0. The zero-order chi connectivity index (χ0) is 12.2. The Morgan fingerprint density at radius 2 is 2.29 bits per heavy atom. The van der Waals surface area contributed by atoms with E-state index in [4.69, 9.17) is 5.11 Å². The SMILES string of the molecule is O=C(O)c1sc2c([nH]c(=O)c3cccn32)c1F. The Morgan fingerprint density at radius 1 is 1.53 bits per heavy atom. The average Bonchev–Trinajstić information content (AvgIpc) is 2.85. The van der Waals surface area contributed by atoms with Crippen molar-refractivity contribution < 1.29 is 14.3 Å². The quantitative estimate of drug-likeness (QED) is 0.692. The maximum absolute atomic E-state index is 13.7. The number of fused-ring (bicyclic) bond motifs is 3. The van der Waals surface area contributed by atoms with Gasteiger partial charge in [0.2, 0.25) is 0 Å². The Kier molecular flexibility index (Phi) is 1.87. The van der Waals surface area contributed by atoms with Crippen LogP contribution in [0.3, 0.4) is 0 Å². The lowest BCUT2D eigenvalue weighted by Gasteiger charge is -1.95. The van der Waals surface area contributed by atoms with Gasteiger partial charge in [-0.25, -0.2) is 9.18 Å². The van der Waals surface area contributed by atoms with Gasteiger partial charge in [-0.3, -0.25) is 4.79 Å². The molecule has 0 bridgehead atoms. The molecule has 0 aliphatic rings. The number of aromatic nitrogens is 2. The van der Waals surface area contributed by atoms with E-state index in [1.165, 1.54) is 4.40 Å². The van der Waals surface area contributed by atoms with Gasteiger partial charge >= 0.3 is 5.97 Å². The lowest BCUT2D eigenvalue weighted by atomic mass is 10.4. The Balaban J connectivity index is 2.60. The third kappa shape index (κ3) is 1.22. The third-order valence-corrected chi connectivity index (χ3v) is 3.62. The fraction of sp³-hybridized carbons (Fsp3) is 0. The van der Waals surface area contributed by atoms with Gasteiger partial charge in [0.1, 0.15) is 15.9 Å². The molecule has 3 heterocycles. The first-order valence-electron chi connectivity index (χ1n) is 4.64. The van der Waals surface area contributed by atoms with Crippen molar-refractivity contribution in [2.45, 2.75) is 0 Å². The number of hydrogen-bond acceptors (Lipinski definition) is 3. The molecule has 3 rings (SSSR count). The molecule has 7 heteroatoms. The number of hydrogen-bond donors (Lipinski definition) is 2. The number of thiophene rings is 1. The topological polar surface area (TPSA) is 74.6 Å². The maximum atomic E-state index is 13.7. The Morgan fingerprint density at radius 3 is 3.00 bits per heavy atom. The molecule has 2 N–H and O–H groups in total. The fourth-order valence-electron chi connectivity index (χ4n) is 1.74. The van der Waals surface area contributed by atoms with E-state index in [2.05, 4.69) is 4.98 Å². The summed E-state index contributed by atoms with van der Waals surface area (Å²) in [6.45, 7) is 0. The molecule has 0 amide bonds. The summed E-state index contributed by atoms with van der Waals surface area (Å²) in [6.07, 6.45) is 1.59. The molecule has 5 nitrogen and oxygen atoms in total. The molecule has 0 aliphatic carbocycles. The lowest BCUT2D eigenvalue weighted by molar-refractivity contribution is 0.0698. The second-order valence-electron chi connectivity index (χ2n) is 3.45. The number of carboxylic acid groups (broad SMARTS) is 1. The molecule has 0 spiro atoms. The second kappa shape index (κ2) is 3.17. The van der Waals surface area contributed by atoms with Crippen LogP contribution in [0.5, 0.6) is 0 Å². The fourth-order valence-corrected chi connectivity index (χ4v) is 2.71. The van der Waals surface area contributed by atoms with Gasteiger partial charge in [0, 0.05) is 6.20 Å². The van der Waals surface area contributed by atoms with Crippen molar-refractivity contribution in [1.29, 1.82) is 0 Å². The number of H-pyrrole nitrogens is 1. The van der Waals surface area contributed by atoms with Crippen LogP contribution in [0.15, 0.2) is 23.1 Å². The summed E-state index contributed by atoms with van der Waals surface area (Å²) in [4.78, 5) is 24.7. The maximum Gasteiger partial charge on any atom is 0.349 e. The van der Waals surface area contributed by atoms with Gasteiger partial charge < -0.3 is 14.5 Å². The van der Waals surface area contributed by atoms with Crippen molar-refractivity contribution in [2.75, 3.05) is 0 Å². The van der Waals surface area contributed by atoms with Crippen LogP contribution >= 0.6 is 11.3 Å². The second-order valence-corrected chi connectivity index (χ2v) is 4.45. The number of rotatable bonds is 1. The van der Waals surface area contributed by atoms with Crippen molar-refractivity contribution in [3.05, 3.63) is 39.4 Å². The number of carboxylic acids is 1. The normalized spacial score (nSPS) is 11.4. The highest BCUT2D eigenvalue weighted by molar-refractivity contribution is 7.20. The molecule has 3 aromatic rings. The number of nitrogens with one attached hydrogen (secondary N) is 1. The largest absolute Gasteiger partial charge is 0.477 e. The van der Waals surface area contributed by atoms with Gasteiger partial charge in [-0.1, -0.05) is 0 Å². The predicted octanol–water partition coefficient (Wildman–Crippen LogP) is 1.68. The minimum absolute atomic E-state index is 0.0684. The zero-order valence-electron chi connectivity index (χ0n) is 8.23. The van der Waals surface area contributed by atoms with Crippen molar-refractivity contribution in [3.63, 3.8) is 0 Å². The molecular formula is C10H5FN2O3S. The monoisotopic (exact) mass is 252 g/mol. The molecule has 0 aliphatic heterocycles. The highest BCUT2D eigenvalue weighted by Crippen LogP contribution is 2.28. The van der Waals surface area contributed by atoms with E-state index in [0.717, 1.165) is 11.3 Å². The van der Waals surface area contributed by atoms with Crippen LogP contribution in [0, 0.1) is 5.82 Å². The van der Waals surface area contributed by atoms with Crippen LogP contribution in [0.4, 0.5) is 4.39 Å². The van der Waals surface area contributed by atoms with Crippen LogP contribution in [0.25, 0.3) is 15.9 Å². The first-order valence-corrected chi connectivity index (χ1v) is 5.46. The van der Waals surface area contributed by atoms with E-state index in [9.17, 15) is 14.0 Å². The van der Waals surface area contributed by atoms with E-state index in [0.29, 0.717) is 10.3 Å². The molecule has 0 saturated carbocycles. The third-order valence-electron chi connectivity index (χ3n) is 2.46. The van der Waals surface area contributed by atoms with Crippen LogP contribution < -0.4 is 5.56 Å². The predicted molar refractivity (Wildman–Crippen MR) is 60.3 cm³/mol. The molecule has 0 atom stereocenters. The van der Waals surface area contributed by atoms with Crippen LogP contribution in [-0.2, 0) is 0 Å². The first-order chi connectivity index (χ1) is 8.09. The molecule has 86 valence electrons. The molecule has 3 aromatic heterocycles. The van der Waals surface area contributed by atoms with E-state index in [1.54, 1.807) is 18.3 Å². The van der Waals surface area contributed by atoms with E-state index >= 15 is 0 Å². The molecule has 0 unspecified atom stereocenters. The van der Waals surface area contributed by atoms with Crippen molar-refractivity contribution >= 4 is 33.2 Å². The molecular weight excluding hydrogens is 247 g/mol. The van der Waals surface area contributed by atoms with E-state index in [1.807, 2.05) is 0 Å². The number of nitrogens with zero attached hydrogens (tertiary/aromatic N) is 1. The van der Waals surface area contributed by atoms with Crippen LogP contribution in [0.2, 0.25) is 0 Å². The van der Waals surface area contributed by atoms with Crippen LogP contribution in [0.1, 0.15) is 9.67 Å². The average molecular weight is 252 g/mol. The lowest BCUT2D eigenvalue weighted by Crippen LogP contribution is -2.08. The summed E-state index contributed by atoms with van der Waals surface area (Å²) in [6, 6.07) is 3.22. The summed E-state index contributed by atoms with van der Waals surface area (Å²) >= 11 is 0.793. The number of carbonyl (C=O) groups is 1. The molecule has 0 fully saturated rings. The summed E-state index contributed by atoms with van der Waals surface area (Å²) in [5.41, 5.74) is -0.159. The summed E-state index contributed by atoms with van der Waals surface area (Å²) in [5, 5.41) is 8.83. The Hall–Kier alpha value is -2.15. The minimum atomic E-state index is -1.34. The van der Waals surface area contributed by atoms with Gasteiger partial charge in [0.25, 0.3) is 5.56 Å². The van der Waals surface area contributed by atoms with Gasteiger partial charge in [-0.2, -0.15) is 0 Å². The van der Waals surface area contributed by atoms with Gasteiger partial charge in [0.15, 0.2) is 10.7 Å². The molecule has 0 saturated heterocycles. The molecule has 0 radical (unpaired) electrons. The first kappa shape index (κ1) is 10.0. The highest BCUT2D eigenvalue weighted by Gasteiger charge is 2.20. The summed E-state index contributed by atoms with van der Waals surface area (Å²) in [5.74, 6) is -2.24. The van der Waals surface area contributed by atoms with E-state index < -0.39 is 22.2 Å². The van der Waals surface area contributed by atoms with Crippen molar-refractivity contribution in [1.82, 2.24) is 9.38 Å². The summed E-state index contributed by atoms with van der Waals surface area (Å²) < 4.78 is 15.2.